The van der Waals surface area contributed by atoms with Crippen LogP contribution in [0.5, 0.6) is 0 Å². The number of para-hydroxylation sites is 1. The zero-order chi connectivity index (χ0) is 14.4. The zero-order valence-corrected chi connectivity index (χ0v) is 12.1. The van der Waals surface area contributed by atoms with Gasteiger partial charge in [-0.25, -0.2) is 0 Å². The van der Waals surface area contributed by atoms with Gasteiger partial charge in [0.25, 0.3) is 0 Å². The monoisotopic (exact) mass is 275 g/mol. The smallest absolute Gasteiger partial charge is 0.0889 e. The topological polar surface area (TPSA) is 27.3 Å². The highest BCUT2D eigenvalue weighted by Gasteiger charge is 2.22. The number of nitrogens with one attached hydrogen (secondary N) is 2. The van der Waals surface area contributed by atoms with Crippen LogP contribution in [0.15, 0.2) is 54.6 Å². The lowest BCUT2D eigenvalue weighted by Gasteiger charge is -2.23. The third-order valence-electron chi connectivity index (χ3n) is 4.05. The fourth-order valence-electron chi connectivity index (χ4n) is 3.02. The Morgan fingerprint density at radius 2 is 1.52 bits per heavy atom. The summed E-state index contributed by atoms with van der Waals surface area (Å²) in [5.41, 5.74) is 12.9. The Kier molecular flexibility index (Phi) is 2.54. The molecule has 0 unspecified atom stereocenters. The van der Waals surface area contributed by atoms with Crippen molar-refractivity contribution in [2.75, 3.05) is 16.0 Å². The molecule has 1 heterocycles. The first-order valence-electron chi connectivity index (χ1n) is 7.15. The lowest BCUT2D eigenvalue weighted by Crippen LogP contribution is -2.30. The number of aryl methyl sites for hydroxylation is 2. The average Bonchev–Trinajstić information content (AvgIpc) is 2.91. The molecular formula is C18H17N3. The zero-order valence-electron chi connectivity index (χ0n) is 12.1. The highest BCUT2D eigenvalue weighted by atomic mass is 15.8. The van der Waals surface area contributed by atoms with E-state index in [4.69, 9.17) is 0 Å². The third-order valence-corrected chi connectivity index (χ3v) is 4.05. The van der Waals surface area contributed by atoms with Gasteiger partial charge < -0.3 is 0 Å². The predicted molar refractivity (Wildman–Crippen MR) is 89.6 cm³/mol. The van der Waals surface area contributed by atoms with Gasteiger partial charge in [-0.05, 0) is 36.4 Å². The second-order valence-electron chi connectivity index (χ2n) is 5.51. The van der Waals surface area contributed by atoms with Gasteiger partial charge in [0.2, 0.25) is 0 Å². The Labute approximate surface area is 124 Å². The summed E-state index contributed by atoms with van der Waals surface area (Å²) in [5.74, 6) is 0. The largest absolute Gasteiger partial charge is 0.277 e. The molecule has 0 fully saturated rings. The van der Waals surface area contributed by atoms with Gasteiger partial charge >= 0.3 is 0 Å². The van der Waals surface area contributed by atoms with Crippen molar-refractivity contribution in [3.63, 3.8) is 0 Å². The minimum atomic E-state index is 1.11. The van der Waals surface area contributed by atoms with Crippen LogP contribution in [0.1, 0.15) is 11.1 Å². The van der Waals surface area contributed by atoms with Crippen LogP contribution in [0.3, 0.4) is 0 Å². The van der Waals surface area contributed by atoms with Crippen molar-refractivity contribution in [1.82, 2.24) is 0 Å². The van der Waals surface area contributed by atoms with E-state index in [1.54, 1.807) is 0 Å². The van der Waals surface area contributed by atoms with Gasteiger partial charge in [0.1, 0.15) is 0 Å². The molecule has 0 aliphatic carbocycles. The van der Waals surface area contributed by atoms with Gasteiger partial charge in [-0.1, -0.05) is 48.5 Å². The van der Waals surface area contributed by atoms with Gasteiger partial charge in [-0.3, -0.25) is 10.9 Å². The van der Waals surface area contributed by atoms with E-state index in [0.717, 1.165) is 11.4 Å². The van der Waals surface area contributed by atoms with Crippen LogP contribution in [0.2, 0.25) is 0 Å². The fraction of sp³-hybridized carbons (Fsp3) is 0.111. The van der Waals surface area contributed by atoms with E-state index in [2.05, 4.69) is 79.3 Å². The molecule has 3 aromatic carbocycles. The standard InChI is InChI=1S/C18H17N3/c1-12-6-5-7-13(2)18(12)21-19-16-11-10-14-8-3-4-9-15(14)17(16)20-21/h3-11,19-20H,1-2H3. The van der Waals surface area contributed by atoms with E-state index in [1.165, 1.54) is 27.6 Å². The maximum Gasteiger partial charge on any atom is 0.0889 e. The summed E-state index contributed by atoms with van der Waals surface area (Å²) in [6, 6.07) is 19.1. The van der Waals surface area contributed by atoms with E-state index >= 15 is 0 Å². The van der Waals surface area contributed by atoms with Crippen molar-refractivity contribution in [3.8, 4) is 0 Å². The molecule has 0 radical (unpaired) electrons. The van der Waals surface area contributed by atoms with Gasteiger partial charge in [-0.15, -0.1) is 0 Å². The number of rotatable bonds is 1. The Morgan fingerprint density at radius 3 is 2.33 bits per heavy atom. The predicted octanol–water partition coefficient (Wildman–Crippen LogP) is 4.63. The molecule has 0 aromatic heterocycles. The SMILES string of the molecule is Cc1cccc(C)c1N1Nc2ccc3ccccc3c2N1. The fourth-order valence-corrected chi connectivity index (χ4v) is 3.02. The number of hydrazine groups is 2. The first kappa shape index (κ1) is 12.1. The molecular weight excluding hydrogens is 258 g/mol. The van der Waals surface area contributed by atoms with Crippen LogP contribution in [0.4, 0.5) is 17.1 Å². The highest BCUT2D eigenvalue weighted by molar-refractivity contribution is 6.03. The Hall–Kier alpha value is -2.68. The summed E-state index contributed by atoms with van der Waals surface area (Å²) < 4.78 is 0. The number of hydrogen-bond donors (Lipinski definition) is 2. The van der Waals surface area contributed by atoms with Crippen LogP contribution < -0.4 is 16.0 Å². The van der Waals surface area contributed by atoms with E-state index in [9.17, 15) is 0 Å². The maximum absolute atomic E-state index is 3.50. The van der Waals surface area contributed by atoms with Crippen molar-refractivity contribution in [2.45, 2.75) is 13.8 Å². The number of nitrogens with zero attached hydrogens (tertiary/aromatic N) is 1. The van der Waals surface area contributed by atoms with Gasteiger partial charge in [0, 0.05) is 5.39 Å². The minimum Gasteiger partial charge on any atom is -0.277 e. The molecule has 3 nitrogen and oxygen atoms in total. The molecule has 21 heavy (non-hydrogen) atoms. The van der Waals surface area contributed by atoms with E-state index in [1.807, 2.05) is 5.12 Å². The Bertz CT molecular complexity index is 819. The van der Waals surface area contributed by atoms with Crippen molar-refractivity contribution >= 4 is 27.8 Å². The Morgan fingerprint density at radius 1 is 0.762 bits per heavy atom. The number of anilines is 3. The molecule has 0 spiro atoms. The second kappa shape index (κ2) is 4.42. The summed E-state index contributed by atoms with van der Waals surface area (Å²) in [7, 11) is 0. The second-order valence-corrected chi connectivity index (χ2v) is 5.51. The summed E-state index contributed by atoms with van der Waals surface area (Å²) in [5, 5.41) is 4.49. The minimum absolute atomic E-state index is 1.11. The van der Waals surface area contributed by atoms with Crippen LogP contribution in [0, 0.1) is 13.8 Å². The van der Waals surface area contributed by atoms with E-state index < -0.39 is 0 Å². The quantitative estimate of drug-likeness (QED) is 0.678. The average molecular weight is 275 g/mol. The molecule has 3 aromatic rings. The molecule has 0 atom stereocenters. The van der Waals surface area contributed by atoms with Crippen LogP contribution >= 0.6 is 0 Å². The molecule has 3 heteroatoms. The number of benzene rings is 3. The molecule has 0 saturated carbocycles. The molecule has 0 saturated heterocycles. The molecule has 1 aliphatic rings. The van der Waals surface area contributed by atoms with Gasteiger partial charge in [-0.2, -0.15) is 5.12 Å². The van der Waals surface area contributed by atoms with Crippen molar-refractivity contribution in [3.05, 3.63) is 65.7 Å². The molecule has 104 valence electrons. The summed E-state index contributed by atoms with van der Waals surface area (Å²) in [6.45, 7) is 4.26. The lowest BCUT2D eigenvalue weighted by molar-refractivity contribution is 1.08. The Balaban J connectivity index is 1.82. The highest BCUT2D eigenvalue weighted by Crippen LogP contribution is 2.38. The van der Waals surface area contributed by atoms with Gasteiger partial charge in [0.05, 0.1) is 17.1 Å². The molecule has 4 rings (SSSR count). The van der Waals surface area contributed by atoms with Crippen molar-refractivity contribution in [2.24, 2.45) is 0 Å². The van der Waals surface area contributed by atoms with Crippen molar-refractivity contribution < 1.29 is 0 Å². The van der Waals surface area contributed by atoms with Crippen LogP contribution in [0.25, 0.3) is 10.8 Å². The maximum atomic E-state index is 3.50. The summed E-state index contributed by atoms with van der Waals surface area (Å²) in [6.07, 6.45) is 0. The van der Waals surface area contributed by atoms with E-state index in [0.29, 0.717) is 0 Å². The van der Waals surface area contributed by atoms with Gasteiger partial charge in [0.15, 0.2) is 0 Å². The summed E-state index contributed by atoms with van der Waals surface area (Å²) in [4.78, 5) is 0. The van der Waals surface area contributed by atoms with Crippen molar-refractivity contribution in [1.29, 1.82) is 0 Å². The lowest BCUT2D eigenvalue weighted by atomic mass is 10.1. The molecule has 0 bridgehead atoms. The third kappa shape index (κ3) is 1.82. The molecule has 1 aliphatic heterocycles. The number of hydrogen-bond acceptors (Lipinski definition) is 3. The summed E-state index contributed by atoms with van der Waals surface area (Å²) >= 11 is 0. The normalized spacial score (nSPS) is 13.0. The first-order valence-corrected chi connectivity index (χ1v) is 7.15. The van der Waals surface area contributed by atoms with Crippen LogP contribution in [-0.4, -0.2) is 0 Å². The molecule has 2 N–H and O–H groups in total. The first-order chi connectivity index (χ1) is 10.2. The van der Waals surface area contributed by atoms with E-state index in [-0.39, 0.29) is 0 Å². The number of fused-ring (bicyclic) bond motifs is 3. The van der Waals surface area contributed by atoms with Crippen LogP contribution in [-0.2, 0) is 0 Å². The molecule has 0 amide bonds.